The Morgan fingerprint density at radius 3 is 2.50 bits per heavy atom. The number of carbonyl (C=O) groups excluding carboxylic acids is 1. The zero-order valence-corrected chi connectivity index (χ0v) is 8.97. The molecule has 0 aliphatic carbocycles. The van der Waals surface area contributed by atoms with Crippen molar-refractivity contribution >= 4 is 17.7 Å². The van der Waals surface area contributed by atoms with Gasteiger partial charge in [0, 0.05) is 6.04 Å². The summed E-state index contributed by atoms with van der Waals surface area (Å²) in [5, 5.41) is 1.90. The van der Waals surface area contributed by atoms with Crippen LogP contribution >= 0.6 is 11.8 Å². The second-order valence-electron chi connectivity index (χ2n) is 2.86. The van der Waals surface area contributed by atoms with Crippen molar-refractivity contribution in [1.29, 1.82) is 0 Å². The molecule has 0 aliphatic heterocycles. The van der Waals surface area contributed by atoms with Crippen LogP contribution in [0.15, 0.2) is 0 Å². The Morgan fingerprint density at radius 2 is 2.07 bits per heavy atom. The average Bonchev–Trinajstić information content (AvgIpc) is 2.03. The maximum absolute atomic E-state index is 11.8. The lowest BCUT2D eigenvalue weighted by atomic mass is 10.2. The molecule has 0 fully saturated rings. The van der Waals surface area contributed by atoms with E-state index in [0.29, 0.717) is 6.42 Å². The molecule has 0 heterocycles. The van der Waals surface area contributed by atoms with Gasteiger partial charge in [0.25, 0.3) is 0 Å². The van der Waals surface area contributed by atoms with Crippen LogP contribution in [0.25, 0.3) is 0 Å². The van der Waals surface area contributed by atoms with Gasteiger partial charge in [-0.3, -0.25) is 4.79 Å². The van der Waals surface area contributed by atoms with Crippen molar-refractivity contribution in [3.8, 4) is 0 Å². The van der Waals surface area contributed by atoms with Crippen LogP contribution in [-0.2, 0) is 4.79 Å². The fourth-order valence-electron chi connectivity index (χ4n) is 0.782. The standard InChI is InChI=1S/C8H14F3NOS/c1-3-14-5-4-6(2)12-7(13)8(9,10)11/h6H,3-5H2,1-2H3,(H,12,13). The largest absolute Gasteiger partial charge is 0.471 e. The van der Waals surface area contributed by atoms with Crippen LogP contribution in [0, 0.1) is 0 Å². The van der Waals surface area contributed by atoms with Gasteiger partial charge in [-0.1, -0.05) is 6.92 Å². The van der Waals surface area contributed by atoms with Gasteiger partial charge < -0.3 is 5.32 Å². The maximum Gasteiger partial charge on any atom is 0.471 e. The Labute approximate surface area is 85.6 Å². The van der Waals surface area contributed by atoms with E-state index < -0.39 is 18.1 Å². The van der Waals surface area contributed by atoms with Gasteiger partial charge in [-0.05, 0) is 24.9 Å². The second kappa shape index (κ2) is 6.16. The molecule has 0 saturated carbocycles. The number of amides is 1. The molecule has 0 radical (unpaired) electrons. The Bertz CT molecular complexity index is 184. The molecule has 0 aromatic carbocycles. The van der Waals surface area contributed by atoms with E-state index in [2.05, 4.69) is 0 Å². The molecule has 1 unspecified atom stereocenters. The van der Waals surface area contributed by atoms with E-state index in [1.807, 2.05) is 12.2 Å². The summed E-state index contributed by atoms with van der Waals surface area (Å²) in [7, 11) is 0. The molecular weight excluding hydrogens is 215 g/mol. The molecule has 0 aromatic rings. The third-order valence-corrected chi connectivity index (χ3v) is 2.47. The van der Waals surface area contributed by atoms with Crippen LogP contribution in [-0.4, -0.2) is 29.6 Å². The fraction of sp³-hybridized carbons (Fsp3) is 0.875. The molecule has 0 aliphatic rings. The smallest absolute Gasteiger partial charge is 0.346 e. The molecule has 0 spiro atoms. The maximum atomic E-state index is 11.8. The summed E-state index contributed by atoms with van der Waals surface area (Å²) in [5.41, 5.74) is 0. The van der Waals surface area contributed by atoms with Crippen LogP contribution in [0.5, 0.6) is 0 Å². The predicted octanol–water partition coefficient (Wildman–Crippen LogP) is 2.20. The van der Waals surface area contributed by atoms with Crippen molar-refractivity contribution < 1.29 is 18.0 Å². The Balaban J connectivity index is 3.72. The topological polar surface area (TPSA) is 29.1 Å². The van der Waals surface area contributed by atoms with Crippen LogP contribution < -0.4 is 5.32 Å². The molecule has 6 heteroatoms. The molecule has 0 rings (SSSR count). The SMILES string of the molecule is CCSCCC(C)NC(=O)C(F)(F)F. The monoisotopic (exact) mass is 229 g/mol. The minimum atomic E-state index is -4.77. The molecule has 0 bridgehead atoms. The zero-order chi connectivity index (χ0) is 11.2. The number of alkyl halides is 3. The first-order valence-corrected chi connectivity index (χ1v) is 5.48. The van der Waals surface area contributed by atoms with Crippen LogP contribution in [0.4, 0.5) is 13.2 Å². The van der Waals surface area contributed by atoms with Gasteiger partial charge in [-0.2, -0.15) is 24.9 Å². The first-order chi connectivity index (χ1) is 6.38. The Hall–Kier alpha value is -0.390. The summed E-state index contributed by atoms with van der Waals surface area (Å²) in [5.74, 6) is -0.165. The van der Waals surface area contributed by atoms with Crippen LogP contribution in [0.1, 0.15) is 20.3 Å². The number of carbonyl (C=O) groups is 1. The summed E-state index contributed by atoms with van der Waals surface area (Å²) in [6, 6.07) is -0.428. The highest BCUT2D eigenvalue weighted by atomic mass is 32.2. The lowest BCUT2D eigenvalue weighted by Gasteiger charge is -2.14. The average molecular weight is 229 g/mol. The fourth-order valence-corrected chi connectivity index (χ4v) is 1.59. The van der Waals surface area contributed by atoms with E-state index in [0.717, 1.165) is 11.5 Å². The molecule has 2 nitrogen and oxygen atoms in total. The molecular formula is C8H14F3NOS. The number of hydrogen-bond donors (Lipinski definition) is 1. The van der Waals surface area contributed by atoms with Crippen molar-refractivity contribution in [3.63, 3.8) is 0 Å². The van der Waals surface area contributed by atoms with Crippen LogP contribution in [0.3, 0.4) is 0 Å². The second-order valence-corrected chi connectivity index (χ2v) is 4.25. The summed E-state index contributed by atoms with van der Waals surface area (Å²) < 4.78 is 35.3. The number of nitrogens with one attached hydrogen (secondary N) is 1. The van der Waals surface area contributed by atoms with E-state index in [9.17, 15) is 18.0 Å². The molecule has 1 amide bonds. The lowest BCUT2D eigenvalue weighted by molar-refractivity contribution is -0.174. The van der Waals surface area contributed by atoms with Crippen LogP contribution in [0.2, 0.25) is 0 Å². The lowest BCUT2D eigenvalue weighted by Crippen LogP contribution is -2.42. The Morgan fingerprint density at radius 1 is 1.50 bits per heavy atom. The number of rotatable bonds is 5. The molecule has 0 aromatic heterocycles. The van der Waals surface area contributed by atoms with Crippen molar-refractivity contribution in [2.24, 2.45) is 0 Å². The summed E-state index contributed by atoms with van der Waals surface area (Å²) >= 11 is 1.64. The quantitative estimate of drug-likeness (QED) is 0.732. The van der Waals surface area contributed by atoms with Gasteiger partial charge in [-0.25, -0.2) is 0 Å². The molecule has 14 heavy (non-hydrogen) atoms. The van der Waals surface area contributed by atoms with Crippen molar-refractivity contribution in [1.82, 2.24) is 5.32 Å². The van der Waals surface area contributed by atoms with E-state index in [1.54, 1.807) is 18.7 Å². The summed E-state index contributed by atoms with van der Waals surface area (Å²) in [6.45, 7) is 3.55. The van der Waals surface area contributed by atoms with Gasteiger partial charge in [0.1, 0.15) is 0 Å². The normalized spacial score (nSPS) is 13.8. The van der Waals surface area contributed by atoms with E-state index in [4.69, 9.17) is 0 Å². The van der Waals surface area contributed by atoms with Crippen molar-refractivity contribution in [2.75, 3.05) is 11.5 Å². The van der Waals surface area contributed by atoms with Crippen molar-refractivity contribution in [2.45, 2.75) is 32.5 Å². The highest BCUT2D eigenvalue weighted by Crippen LogP contribution is 2.15. The predicted molar refractivity (Wildman–Crippen MR) is 51.3 cm³/mol. The summed E-state index contributed by atoms with van der Waals surface area (Å²) in [4.78, 5) is 10.5. The molecule has 1 atom stereocenters. The molecule has 1 N–H and O–H groups in total. The van der Waals surface area contributed by atoms with Gasteiger partial charge in [0.2, 0.25) is 0 Å². The van der Waals surface area contributed by atoms with Crippen molar-refractivity contribution in [3.05, 3.63) is 0 Å². The van der Waals surface area contributed by atoms with E-state index in [-0.39, 0.29) is 0 Å². The summed E-state index contributed by atoms with van der Waals surface area (Å²) in [6.07, 6.45) is -4.22. The first-order valence-electron chi connectivity index (χ1n) is 4.33. The van der Waals surface area contributed by atoms with Gasteiger partial charge >= 0.3 is 12.1 Å². The molecule has 84 valence electrons. The minimum Gasteiger partial charge on any atom is -0.346 e. The van der Waals surface area contributed by atoms with Gasteiger partial charge in [0.15, 0.2) is 0 Å². The highest BCUT2D eigenvalue weighted by Gasteiger charge is 2.38. The Kier molecular flexibility index (Phi) is 5.99. The van der Waals surface area contributed by atoms with E-state index >= 15 is 0 Å². The third kappa shape index (κ3) is 6.12. The number of halogens is 3. The highest BCUT2D eigenvalue weighted by molar-refractivity contribution is 7.99. The molecule has 0 saturated heterocycles. The van der Waals surface area contributed by atoms with E-state index in [1.165, 1.54) is 0 Å². The third-order valence-electron chi connectivity index (χ3n) is 1.53. The number of thioether (sulfide) groups is 1. The minimum absolute atomic E-state index is 0.428. The van der Waals surface area contributed by atoms with Gasteiger partial charge in [0.05, 0.1) is 0 Å². The number of hydrogen-bond acceptors (Lipinski definition) is 2. The zero-order valence-electron chi connectivity index (χ0n) is 8.15. The first kappa shape index (κ1) is 13.6. The van der Waals surface area contributed by atoms with Gasteiger partial charge in [-0.15, -0.1) is 0 Å².